The lowest BCUT2D eigenvalue weighted by molar-refractivity contribution is -0.117. The fourth-order valence-corrected chi connectivity index (χ4v) is 1.41. The minimum absolute atomic E-state index is 0.283. The minimum Gasteiger partial charge on any atom is -0.394 e. The second-order valence-electron chi connectivity index (χ2n) is 3.46. The van der Waals surface area contributed by atoms with E-state index in [1.165, 1.54) is 6.08 Å². The molecule has 1 amide bonds. The second kappa shape index (κ2) is 7.21. The zero-order chi connectivity index (χ0) is 12.7. The Labute approximate surface area is 108 Å². The number of carbonyl (C=O) groups is 1. The van der Waals surface area contributed by atoms with Gasteiger partial charge in [0, 0.05) is 10.5 Å². The quantitative estimate of drug-likeness (QED) is 0.709. The lowest BCUT2D eigenvalue weighted by Crippen LogP contribution is -2.39. The van der Waals surface area contributed by atoms with Crippen molar-refractivity contribution in [2.45, 2.75) is 6.04 Å². The molecule has 1 aromatic carbocycles. The standard InChI is InChI=1S/C12H14BrNO3/c13-10-4-1-9(2-5-10)3-6-12(17)14-11(7-15)8-16/h1-6,11,15-16H,7-8H2,(H,14,17). The first kappa shape index (κ1) is 13.9. The highest BCUT2D eigenvalue weighted by molar-refractivity contribution is 9.10. The van der Waals surface area contributed by atoms with Gasteiger partial charge < -0.3 is 15.5 Å². The number of hydrogen-bond donors (Lipinski definition) is 3. The summed E-state index contributed by atoms with van der Waals surface area (Å²) in [6, 6.07) is 6.87. The molecule has 0 aromatic heterocycles. The van der Waals surface area contributed by atoms with Crippen LogP contribution in [0.2, 0.25) is 0 Å². The Morgan fingerprint density at radius 3 is 2.41 bits per heavy atom. The zero-order valence-electron chi connectivity index (χ0n) is 9.14. The molecule has 0 atom stereocenters. The van der Waals surface area contributed by atoms with Gasteiger partial charge in [0.1, 0.15) is 0 Å². The monoisotopic (exact) mass is 299 g/mol. The van der Waals surface area contributed by atoms with E-state index in [0.29, 0.717) is 0 Å². The number of hydrogen-bond acceptors (Lipinski definition) is 3. The van der Waals surface area contributed by atoms with Crippen LogP contribution in [0.15, 0.2) is 34.8 Å². The third-order valence-corrected chi connectivity index (χ3v) is 2.61. The molecule has 0 saturated carbocycles. The Hall–Kier alpha value is -1.17. The number of aliphatic hydroxyl groups excluding tert-OH is 2. The maximum Gasteiger partial charge on any atom is 0.244 e. The number of carbonyl (C=O) groups excluding carboxylic acids is 1. The van der Waals surface area contributed by atoms with E-state index in [0.717, 1.165) is 10.0 Å². The van der Waals surface area contributed by atoms with E-state index in [2.05, 4.69) is 21.2 Å². The highest BCUT2D eigenvalue weighted by Crippen LogP contribution is 2.11. The summed E-state index contributed by atoms with van der Waals surface area (Å²) in [7, 11) is 0. The van der Waals surface area contributed by atoms with E-state index in [1.807, 2.05) is 24.3 Å². The first-order valence-corrected chi connectivity index (χ1v) is 5.91. The summed E-state index contributed by atoms with van der Waals surface area (Å²) in [5.74, 6) is -0.346. The lowest BCUT2D eigenvalue weighted by atomic mass is 10.2. The topological polar surface area (TPSA) is 69.6 Å². The van der Waals surface area contributed by atoms with Crippen molar-refractivity contribution in [3.8, 4) is 0 Å². The average Bonchev–Trinajstić information content (AvgIpc) is 2.35. The fourth-order valence-electron chi connectivity index (χ4n) is 1.14. The molecule has 0 aliphatic carbocycles. The van der Waals surface area contributed by atoms with Crippen molar-refractivity contribution >= 4 is 27.9 Å². The normalized spacial score (nSPS) is 11.1. The molecular weight excluding hydrogens is 286 g/mol. The van der Waals surface area contributed by atoms with Crippen molar-refractivity contribution in [3.05, 3.63) is 40.4 Å². The molecule has 0 bridgehead atoms. The molecule has 17 heavy (non-hydrogen) atoms. The molecule has 0 saturated heterocycles. The summed E-state index contributed by atoms with van der Waals surface area (Å²) in [6.07, 6.45) is 3.02. The van der Waals surface area contributed by atoms with Crippen molar-refractivity contribution < 1.29 is 15.0 Å². The third-order valence-electron chi connectivity index (χ3n) is 2.08. The molecule has 1 rings (SSSR count). The molecule has 5 heteroatoms. The van der Waals surface area contributed by atoms with Crippen LogP contribution in [0.5, 0.6) is 0 Å². The van der Waals surface area contributed by atoms with Gasteiger partial charge in [-0.05, 0) is 23.8 Å². The van der Waals surface area contributed by atoms with Crippen molar-refractivity contribution in [1.29, 1.82) is 0 Å². The molecule has 92 valence electrons. The van der Waals surface area contributed by atoms with E-state index in [1.54, 1.807) is 6.08 Å². The molecule has 3 N–H and O–H groups in total. The van der Waals surface area contributed by atoms with Gasteiger partial charge in [0.25, 0.3) is 0 Å². The Morgan fingerprint density at radius 1 is 1.29 bits per heavy atom. The van der Waals surface area contributed by atoms with Gasteiger partial charge in [-0.2, -0.15) is 0 Å². The summed E-state index contributed by atoms with van der Waals surface area (Å²) < 4.78 is 0.972. The number of rotatable bonds is 5. The van der Waals surface area contributed by atoms with Crippen LogP contribution in [-0.2, 0) is 4.79 Å². The van der Waals surface area contributed by atoms with Crippen LogP contribution in [0.25, 0.3) is 6.08 Å². The number of halogens is 1. The van der Waals surface area contributed by atoms with Crippen LogP contribution in [-0.4, -0.2) is 35.4 Å². The molecule has 0 radical (unpaired) electrons. The van der Waals surface area contributed by atoms with Gasteiger partial charge in [0.05, 0.1) is 19.3 Å². The molecule has 0 heterocycles. The van der Waals surface area contributed by atoms with Gasteiger partial charge in [0.15, 0.2) is 0 Å². The number of nitrogens with one attached hydrogen (secondary N) is 1. The van der Waals surface area contributed by atoms with Crippen LogP contribution in [0.4, 0.5) is 0 Å². The predicted molar refractivity (Wildman–Crippen MR) is 69.3 cm³/mol. The van der Waals surface area contributed by atoms with Gasteiger partial charge in [-0.25, -0.2) is 0 Å². The molecule has 0 aliphatic heterocycles. The van der Waals surface area contributed by atoms with E-state index in [-0.39, 0.29) is 19.1 Å². The van der Waals surface area contributed by atoms with Crippen molar-refractivity contribution in [2.24, 2.45) is 0 Å². The number of amides is 1. The summed E-state index contributed by atoms with van der Waals surface area (Å²) >= 11 is 3.32. The predicted octanol–water partition coefficient (Wildman–Crippen LogP) is 0.932. The van der Waals surface area contributed by atoms with Gasteiger partial charge in [-0.3, -0.25) is 4.79 Å². The largest absolute Gasteiger partial charge is 0.394 e. The molecule has 0 fully saturated rings. The zero-order valence-corrected chi connectivity index (χ0v) is 10.7. The van der Waals surface area contributed by atoms with Gasteiger partial charge in [0.2, 0.25) is 5.91 Å². The van der Waals surface area contributed by atoms with E-state index in [9.17, 15) is 4.79 Å². The SMILES string of the molecule is O=C(C=Cc1ccc(Br)cc1)NC(CO)CO. The van der Waals surface area contributed by atoms with Crippen LogP contribution in [0.1, 0.15) is 5.56 Å². The number of aliphatic hydroxyl groups is 2. The van der Waals surface area contributed by atoms with E-state index >= 15 is 0 Å². The lowest BCUT2D eigenvalue weighted by Gasteiger charge is -2.10. The maximum atomic E-state index is 11.4. The highest BCUT2D eigenvalue weighted by Gasteiger charge is 2.06. The van der Waals surface area contributed by atoms with E-state index < -0.39 is 6.04 Å². The molecule has 0 unspecified atom stereocenters. The summed E-state index contributed by atoms with van der Waals surface area (Å²) in [6.45, 7) is -0.567. The second-order valence-corrected chi connectivity index (χ2v) is 4.37. The van der Waals surface area contributed by atoms with Crippen molar-refractivity contribution in [2.75, 3.05) is 13.2 Å². The van der Waals surface area contributed by atoms with Gasteiger partial charge in [-0.15, -0.1) is 0 Å². The van der Waals surface area contributed by atoms with Crippen LogP contribution in [0.3, 0.4) is 0 Å². The van der Waals surface area contributed by atoms with Gasteiger partial charge >= 0.3 is 0 Å². The first-order valence-electron chi connectivity index (χ1n) is 5.11. The molecular formula is C12H14BrNO3. The number of benzene rings is 1. The smallest absolute Gasteiger partial charge is 0.244 e. The minimum atomic E-state index is -0.614. The molecule has 4 nitrogen and oxygen atoms in total. The Kier molecular flexibility index (Phi) is 5.90. The average molecular weight is 300 g/mol. The van der Waals surface area contributed by atoms with Crippen molar-refractivity contribution in [1.82, 2.24) is 5.32 Å². The van der Waals surface area contributed by atoms with Crippen molar-refractivity contribution in [3.63, 3.8) is 0 Å². The molecule has 1 aromatic rings. The maximum absolute atomic E-state index is 11.4. The summed E-state index contributed by atoms with van der Waals surface area (Å²) in [4.78, 5) is 11.4. The van der Waals surface area contributed by atoms with Gasteiger partial charge in [-0.1, -0.05) is 28.1 Å². The first-order chi connectivity index (χ1) is 8.15. The van der Waals surface area contributed by atoms with E-state index in [4.69, 9.17) is 10.2 Å². The van der Waals surface area contributed by atoms with Crippen LogP contribution < -0.4 is 5.32 Å². The Balaban J connectivity index is 2.53. The summed E-state index contributed by atoms with van der Waals surface area (Å²) in [5, 5.41) is 20.0. The third kappa shape index (κ3) is 5.12. The fraction of sp³-hybridized carbons (Fsp3) is 0.250. The molecule has 0 spiro atoms. The Morgan fingerprint density at radius 2 is 1.88 bits per heavy atom. The summed E-state index contributed by atoms with van der Waals surface area (Å²) in [5.41, 5.74) is 0.896. The van der Waals surface area contributed by atoms with Crippen LogP contribution in [0, 0.1) is 0 Å². The van der Waals surface area contributed by atoms with Crippen LogP contribution >= 0.6 is 15.9 Å². The Bertz CT molecular complexity index is 385. The highest BCUT2D eigenvalue weighted by atomic mass is 79.9. The molecule has 0 aliphatic rings.